The van der Waals surface area contributed by atoms with Crippen molar-refractivity contribution < 1.29 is 25.1 Å². The molecule has 1 rings (SSSR count). The van der Waals surface area contributed by atoms with Crippen molar-refractivity contribution in [1.29, 1.82) is 0 Å². The monoisotopic (exact) mass is 178 g/mol. The Balaban J connectivity index is 3.02. The number of hydrazine groups is 2. The third-order valence-electron chi connectivity index (χ3n) is 1.47. The summed E-state index contributed by atoms with van der Waals surface area (Å²) in [5.41, 5.74) is 0. The van der Waals surface area contributed by atoms with E-state index >= 15 is 0 Å². The van der Waals surface area contributed by atoms with E-state index in [2.05, 4.69) is 0 Å². The van der Waals surface area contributed by atoms with E-state index in [1.807, 2.05) is 0 Å². The Hall–Kier alpha value is -1.25. The number of amides is 1. The highest BCUT2D eigenvalue weighted by Crippen LogP contribution is 2.18. The van der Waals surface area contributed by atoms with Gasteiger partial charge in [0.15, 0.2) is 0 Å². The maximum atomic E-state index is 10.9. The zero-order valence-corrected chi connectivity index (χ0v) is 6.21. The summed E-state index contributed by atoms with van der Waals surface area (Å²) in [7, 11) is 0. The van der Waals surface area contributed by atoms with Gasteiger partial charge in [0.1, 0.15) is 5.28 Å². The van der Waals surface area contributed by atoms with E-state index in [0.717, 1.165) is 0 Å². The summed E-state index contributed by atoms with van der Waals surface area (Å²) in [5, 5.41) is 26.6. The van der Waals surface area contributed by atoms with Gasteiger partial charge in [-0.3, -0.25) is 15.0 Å². The van der Waals surface area contributed by atoms with Crippen LogP contribution in [0.5, 0.6) is 0 Å². The fraction of sp³-hybridized carbons (Fsp3) is 0.750. The average Bonchev–Trinajstić information content (AvgIpc) is 2.15. The molecule has 0 spiro atoms. The fourth-order valence-corrected chi connectivity index (χ4v) is 0.829. The van der Waals surface area contributed by atoms with Crippen LogP contribution in [0.15, 0.2) is 0 Å². The summed E-state index contributed by atoms with van der Waals surface area (Å²) in [6.07, 6.45) is 0. The van der Waals surface area contributed by atoms with Gasteiger partial charge in [-0.05, 0) is 6.92 Å². The van der Waals surface area contributed by atoms with E-state index < -0.39 is 16.7 Å². The molecule has 0 bridgehead atoms. The van der Waals surface area contributed by atoms with Crippen LogP contribution >= 0.6 is 0 Å². The molecule has 0 aromatic heterocycles. The largest absolute Gasteiger partial charge is 0.546 e. The summed E-state index contributed by atoms with van der Waals surface area (Å²) < 4.78 is 0. The van der Waals surface area contributed by atoms with Gasteiger partial charge in [0, 0.05) is 6.54 Å². The molecule has 0 aromatic rings. The molecule has 8 heteroatoms. The predicted octanol–water partition coefficient (Wildman–Crippen LogP) is -2.21. The second-order valence-electron chi connectivity index (χ2n) is 2.20. The lowest BCUT2D eigenvalue weighted by Crippen LogP contribution is -2.44. The molecule has 1 aliphatic rings. The highest BCUT2D eigenvalue weighted by atomic mass is 16.7. The zero-order valence-electron chi connectivity index (χ0n) is 6.21. The van der Waals surface area contributed by atoms with E-state index in [4.69, 9.17) is 15.4 Å². The first-order valence-electron chi connectivity index (χ1n) is 3.15. The Labute approximate surface area is 66.7 Å². The van der Waals surface area contributed by atoms with Gasteiger partial charge in [-0.25, -0.2) is 5.21 Å². The Morgan fingerprint density at radius 1 is 1.58 bits per heavy atom. The minimum atomic E-state index is -3.20. The molecule has 0 unspecified atom stereocenters. The van der Waals surface area contributed by atoms with Gasteiger partial charge >= 0.3 is 11.8 Å². The van der Waals surface area contributed by atoms with Crippen molar-refractivity contribution in [3.8, 4) is 0 Å². The second-order valence-corrected chi connectivity index (χ2v) is 2.20. The van der Waals surface area contributed by atoms with Crippen molar-refractivity contribution in [3.05, 3.63) is 4.91 Å². The maximum Gasteiger partial charge on any atom is 0.546 e. The van der Waals surface area contributed by atoms with Crippen LogP contribution in [0.25, 0.3) is 0 Å². The molecule has 1 amide bonds. The molecule has 1 fully saturated rings. The van der Waals surface area contributed by atoms with Crippen LogP contribution in [0.2, 0.25) is 0 Å². The molecule has 68 valence electrons. The van der Waals surface area contributed by atoms with Crippen molar-refractivity contribution in [2.24, 2.45) is 0 Å². The number of carbonyl (C=O) groups is 1. The topological polar surface area (TPSA) is 104 Å². The van der Waals surface area contributed by atoms with Crippen LogP contribution in [0.4, 0.5) is 0 Å². The van der Waals surface area contributed by atoms with Gasteiger partial charge in [0.05, 0.1) is 4.91 Å². The van der Waals surface area contributed by atoms with Gasteiger partial charge in [0.25, 0.3) is 0 Å². The van der Waals surface area contributed by atoms with Gasteiger partial charge < -0.3 is 0 Å². The van der Waals surface area contributed by atoms with Crippen LogP contribution in [0.1, 0.15) is 6.92 Å². The molecule has 1 heterocycles. The van der Waals surface area contributed by atoms with Crippen molar-refractivity contribution >= 4 is 5.91 Å². The first kappa shape index (κ1) is 8.84. The summed E-state index contributed by atoms with van der Waals surface area (Å²) in [5.74, 6) is -4.49. The van der Waals surface area contributed by atoms with Crippen molar-refractivity contribution in [3.63, 3.8) is 0 Å². The van der Waals surface area contributed by atoms with Gasteiger partial charge in [-0.15, -0.1) is 0 Å². The smallest absolute Gasteiger partial charge is 0.297 e. The molecule has 0 radical (unpaired) electrons. The molecule has 0 atom stereocenters. The Bertz CT molecular complexity index is 239. The molecule has 3 N–H and O–H groups in total. The number of nitroso groups, excluding NO2 is 1. The fourth-order valence-electron chi connectivity index (χ4n) is 0.829. The number of likely N-dealkylation sites (N-methyl/N-ethyl adjacent to an activating group) is 1. The lowest BCUT2D eigenvalue weighted by Gasteiger charge is -2.08. The molecule has 0 aromatic carbocycles. The minimum Gasteiger partial charge on any atom is -0.297 e. The number of hydrogen-bond donors (Lipinski definition) is 3. The highest BCUT2D eigenvalue weighted by molar-refractivity contribution is 5.81. The number of rotatable bonds is 1. The SMILES string of the molecule is CCN1C(=O)C(O)(O)[N+](=O)N1O. The third-order valence-corrected chi connectivity index (χ3v) is 1.47. The Kier molecular flexibility index (Phi) is 1.75. The first-order valence-corrected chi connectivity index (χ1v) is 3.15. The number of nitrogens with zero attached hydrogens (tertiary/aromatic N) is 3. The summed E-state index contributed by atoms with van der Waals surface area (Å²) in [6.45, 7) is 1.41. The lowest BCUT2D eigenvalue weighted by atomic mass is 10.4. The molecular formula is C4H8N3O5+. The van der Waals surface area contributed by atoms with E-state index in [0.29, 0.717) is 5.01 Å². The van der Waals surface area contributed by atoms with E-state index in [1.54, 1.807) is 0 Å². The lowest BCUT2D eigenvalue weighted by molar-refractivity contribution is -0.866. The number of aliphatic hydroxyl groups is 2. The van der Waals surface area contributed by atoms with Crippen LogP contribution in [0.3, 0.4) is 0 Å². The molecule has 0 aliphatic carbocycles. The van der Waals surface area contributed by atoms with Crippen LogP contribution in [0, 0.1) is 4.91 Å². The first-order chi connectivity index (χ1) is 5.42. The van der Waals surface area contributed by atoms with E-state index in [9.17, 15) is 9.70 Å². The molecule has 8 nitrogen and oxygen atoms in total. The van der Waals surface area contributed by atoms with Crippen LogP contribution < -0.4 is 0 Å². The van der Waals surface area contributed by atoms with Crippen molar-refractivity contribution in [2.75, 3.05) is 6.54 Å². The van der Waals surface area contributed by atoms with Gasteiger partial charge in [-0.2, -0.15) is 5.01 Å². The maximum absolute atomic E-state index is 10.9. The quantitative estimate of drug-likeness (QED) is 0.310. The summed E-state index contributed by atoms with van der Waals surface area (Å²) in [4.78, 5) is 20.9. The van der Waals surface area contributed by atoms with E-state index in [1.165, 1.54) is 6.92 Å². The zero-order chi connectivity index (χ0) is 9.52. The van der Waals surface area contributed by atoms with Crippen molar-refractivity contribution in [1.82, 2.24) is 10.3 Å². The molecular weight excluding hydrogens is 170 g/mol. The predicted molar refractivity (Wildman–Crippen MR) is 31.8 cm³/mol. The van der Waals surface area contributed by atoms with Gasteiger partial charge in [0.2, 0.25) is 4.87 Å². The molecule has 12 heavy (non-hydrogen) atoms. The van der Waals surface area contributed by atoms with Crippen LogP contribution in [-0.2, 0) is 4.79 Å². The normalized spacial score (nSPS) is 22.3. The van der Waals surface area contributed by atoms with Crippen LogP contribution in [-0.4, -0.2) is 48.9 Å². The van der Waals surface area contributed by atoms with Crippen molar-refractivity contribution in [2.45, 2.75) is 12.8 Å². The average molecular weight is 178 g/mol. The van der Waals surface area contributed by atoms with E-state index in [-0.39, 0.29) is 11.8 Å². The number of hydrogen-bond acceptors (Lipinski definition) is 5. The Morgan fingerprint density at radius 3 is 2.25 bits per heavy atom. The highest BCUT2D eigenvalue weighted by Gasteiger charge is 2.67. The molecule has 0 saturated carbocycles. The number of carbonyl (C=O) groups excluding carboxylic acids is 1. The molecule has 1 aliphatic heterocycles. The second kappa shape index (κ2) is 2.37. The summed E-state index contributed by atoms with van der Waals surface area (Å²) in [6, 6.07) is 0. The summed E-state index contributed by atoms with van der Waals surface area (Å²) >= 11 is 0. The van der Waals surface area contributed by atoms with Gasteiger partial charge in [-0.1, -0.05) is 0 Å². The standard InChI is InChI=1S/C4H8N3O5/c1-2-5-3(8)4(9,10)6(11)7(5)12/h9-10,12H,2H2,1H3/q+1. The third kappa shape index (κ3) is 0.858. The minimum absolute atomic E-state index is 0.0447. The molecule has 1 saturated heterocycles. The Morgan fingerprint density at radius 2 is 2.08 bits per heavy atom.